The van der Waals surface area contributed by atoms with Gasteiger partial charge in [0.1, 0.15) is 4.33 Å². The van der Waals surface area contributed by atoms with Gasteiger partial charge in [0.2, 0.25) is 0 Å². The van der Waals surface area contributed by atoms with Gasteiger partial charge in [0.25, 0.3) is 0 Å². The van der Waals surface area contributed by atoms with E-state index in [4.69, 9.17) is 23.2 Å². The molecule has 0 radical (unpaired) electrons. The van der Waals surface area contributed by atoms with Gasteiger partial charge in [-0.1, -0.05) is 0 Å². The first-order chi connectivity index (χ1) is 3.90. The van der Waals surface area contributed by atoms with Crippen LogP contribution in [0.5, 0.6) is 0 Å². The van der Waals surface area contributed by atoms with E-state index in [1.807, 2.05) is 0 Å². The Balaban J connectivity index is 2.74. The molecule has 1 saturated carbocycles. The molecule has 0 N–H and O–H groups in total. The first-order valence-electron chi connectivity index (χ1n) is 2.48. The van der Waals surface area contributed by atoms with Crippen LogP contribution in [0.4, 0.5) is 4.39 Å². The van der Waals surface area contributed by atoms with Crippen molar-refractivity contribution in [1.82, 2.24) is 0 Å². The van der Waals surface area contributed by atoms with Gasteiger partial charge in [-0.3, -0.25) is 4.79 Å². The molecule has 0 saturated heterocycles. The second-order valence-corrected chi connectivity index (χ2v) is 3.97. The number of rotatable bonds is 1. The summed E-state index contributed by atoms with van der Waals surface area (Å²) in [6, 6.07) is -1.42. The standard InChI is InChI=1S/C5H5Cl2FO/c1-4(3(8)9)2-5(4,6)7/h2H2,1H3. The highest BCUT2D eigenvalue weighted by atomic mass is 35.5. The van der Waals surface area contributed by atoms with Gasteiger partial charge in [-0.15, -0.1) is 23.2 Å². The van der Waals surface area contributed by atoms with Crippen molar-refractivity contribution in [1.29, 1.82) is 0 Å². The fraction of sp³-hybridized carbons (Fsp3) is 0.800. The van der Waals surface area contributed by atoms with Gasteiger partial charge >= 0.3 is 6.04 Å². The monoisotopic (exact) mass is 170 g/mol. The third-order valence-corrected chi connectivity index (χ3v) is 2.79. The molecular weight excluding hydrogens is 166 g/mol. The van der Waals surface area contributed by atoms with Gasteiger partial charge in [-0.05, 0) is 13.3 Å². The number of halogens is 3. The van der Waals surface area contributed by atoms with Crippen LogP contribution in [0.3, 0.4) is 0 Å². The molecule has 0 heterocycles. The molecule has 1 nitrogen and oxygen atoms in total. The zero-order chi connectivity index (χ0) is 7.28. The molecule has 52 valence electrons. The lowest BCUT2D eigenvalue weighted by atomic mass is 10.2. The number of carbonyl (C=O) groups excluding carboxylic acids is 1. The Kier molecular flexibility index (Phi) is 1.30. The molecule has 1 aliphatic rings. The minimum Gasteiger partial charge on any atom is -0.260 e. The van der Waals surface area contributed by atoms with Crippen molar-refractivity contribution in [2.24, 2.45) is 5.41 Å². The molecule has 0 aromatic rings. The summed E-state index contributed by atoms with van der Waals surface area (Å²) in [4.78, 5) is 10.1. The fourth-order valence-corrected chi connectivity index (χ4v) is 1.30. The molecule has 1 fully saturated rings. The maximum Gasteiger partial charge on any atom is 0.310 e. The van der Waals surface area contributed by atoms with Crippen LogP contribution in [-0.2, 0) is 4.79 Å². The molecule has 1 rings (SSSR count). The average molecular weight is 171 g/mol. The minimum absolute atomic E-state index is 0.221. The minimum atomic E-state index is -1.42. The topological polar surface area (TPSA) is 17.1 Å². The zero-order valence-electron chi connectivity index (χ0n) is 4.75. The Morgan fingerprint density at radius 1 is 1.67 bits per heavy atom. The summed E-state index contributed by atoms with van der Waals surface area (Å²) in [5.41, 5.74) is -1.13. The molecule has 0 aromatic carbocycles. The predicted molar refractivity (Wildman–Crippen MR) is 33.3 cm³/mol. The number of alkyl halides is 2. The second-order valence-electron chi connectivity index (χ2n) is 2.49. The summed E-state index contributed by atoms with van der Waals surface area (Å²) < 4.78 is 10.8. The SMILES string of the molecule is CC1(C(=O)F)CC1(Cl)Cl. The molecular formula is C5H5Cl2FO. The lowest BCUT2D eigenvalue weighted by molar-refractivity contribution is -0.134. The van der Waals surface area contributed by atoms with Crippen molar-refractivity contribution in [3.63, 3.8) is 0 Å². The van der Waals surface area contributed by atoms with E-state index >= 15 is 0 Å². The van der Waals surface area contributed by atoms with Crippen molar-refractivity contribution < 1.29 is 9.18 Å². The molecule has 0 spiro atoms. The Hall–Kier alpha value is 0.180. The largest absolute Gasteiger partial charge is 0.310 e. The van der Waals surface area contributed by atoms with E-state index in [1.165, 1.54) is 6.92 Å². The van der Waals surface area contributed by atoms with Crippen molar-refractivity contribution >= 4 is 29.2 Å². The molecule has 1 unspecified atom stereocenters. The van der Waals surface area contributed by atoms with Crippen LogP contribution >= 0.6 is 23.2 Å². The van der Waals surface area contributed by atoms with Crippen molar-refractivity contribution in [3.8, 4) is 0 Å². The lowest BCUT2D eigenvalue weighted by Crippen LogP contribution is -2.12. The van der Waals surface area contributed by atoms with Crippen molar-refractivity contribution in [2.75, 3.05) is 0 Å². The van der Waals surface area contributed by atoms with E-state index in [-0.39, 0.29) is 6.42 Å². The normalized spacial score (nSPS) is 38.2. The smallest absolute Gasteiger partial charge is 0.260 e. The molecule has 0 amide bonds. The molecule has 1 atom stereocenters. The van der Waals surface area contributed by atoms with E-state index < -0.39 is 15.8 Å². The highest BCUT2D eigenvalue weighted by molar-refractivity contribution is 6.53. The van der Waals surface area contributed by atoms with Crippen LogP contribution in [0, 0.1) is 5.41 Å². The number of hydrogen-bond acceptors (Lipinski definition) is 1. The molecule has 4 heteroatoms. The van der Waals surface area contributed by atoms with Crippen LogP contribution in [0.2, 0.25) is 0 Å². The summed E-state index contributed by atoms with van der Waals surface area (Å²) >= 11 is 10.9. The van der Waals surface area contributed by atoms with Crippen LogP contribution in [0.15, 0.2) is 0 Å². The second kappa shape index (κ2) is 1.61. The first-order valence-corrected chi connectivity index (χ1v) is 3.23. The van der Waals surface area contributed by atoms with Crippen molar-refractivity contribution in [3.05, 3.63) is 0 Å². The molecule has 0 bridgehead atoms. The third kappa shape index (κ3) is 0.849. The predicted octanol–water partition coefficient (Wildman–Crippen LogP) is 2.07. The zero-order valence-corrected chi connectivity index (χ0v) is 6.26. The van der Waals surface area contributed by atoms with E-state index in [9.17, 15) is 9.18 Å². The number of hydrogen-bond donors (Lipinski definition) is 0. The highest BCUT2D eigenvalue weighted by Gasteiger charge is 2.68. The van der Waals surface area contributed by atoms with Gasteiger partial charge in [-0.25, -0.2) is 0 Å². The summed E-state index contributed by atoms with van der Waals surface area (Å²) in [6.07, 6.45) is 0.221. The molecule has 1 aliphatic carbocycles. The maximum atomic E-state index is 12.0. The Bertz CT molecular complexity index is 168. The van der Waals surface area contributed by atoms with Crippen LogP contribution in [0.25, 0.3) is 0 Å². The van der Waals surface area contributed by atoms with Crippen molar-refractivity contribution in [2.45, 2.75) is 17.7 Å². The maximum absolute atomic E-state index is 12.0. The average Bonchev–Trinajstić information content (AvgIpc) is 2.08. The molecule has 0 aliphatic heterocycles. The van der Waals surface area contributed by atoms with Crippen LogP contribution < -0.4 is 0 Å². The fourth-order valence-electron chi connectivity index (χ4n) is 0.613. The molecule has 9 heavy (non-hydrogen) atoms. The summed E-state index contributed by atoms with van der Waals surface area (Å²) in [7, 11) is 0. The molecule has 0 aromatic heterocycles. The van der Waals surface area contributed by atoms with Crippen LogP contribution in [0.1, 0.15) is 13.3 Å². The third-order valence-electron chi connectivity index (χ3n) is 1.69. The summed E-state index contributed by atoms with van der Waals surface area (Å²) in [6.45, 7) is 1.41. The van der Waals surface area contributed by atoms with Gasteiger partial charge in [0, 0.05) is 0 Å². The number of carbonyl (C=O) groups is 1. The van der Waals surface area contributed by atoms with E-state index in [1.54, 1.807) is 0 Å². The summed E-state index contributed by atoms with van der Waals surface area (Å²) in [5.74, 6) is 0. The Morgan fingerprint density at radius 3 is 2.00 bits per heavy atom. The quantitative estimate of drug-likeness (QED) is 0.435. The Morgan fingerprint density at radius 2 is 2.00 bits per heavy atom. The van der Waals surface area contributed by atoms with Gasteiger partial charge in [-0.2, -0.15) is 4.39 Å². The summed E-state index contributed by atoms with van der Waals surface area (Å²) in [5, 5.41) is 0. The van der Waals surface area contributed by atoms with Gasteiger partial charge in [0.15, 0.2) is 0 Å². The van der Waals surface area contributed by atoms with Gasteiger partial charge in [0.05, 0.1) is 5.41 Å². The van der Waals surface area contributed by atoms with Crippen LogP contribution in [-0.4, -0.2) is 10.4 Å². The Labute approximate surface area is 62.1 Å². The lowest BCUT2D eigenvalue weighted by Gasteiger charge is -2.01. The highest BCUT2D eigenvalue weighted by Crippen LogP contribution is 2.64. The first kappa shape index (κ1) is 7.29. The van der Waals surface area contributed by atoms with E-state index in [0.717, 1.165) is 0 Å². The van der Waals surface area contributed by atoms with Gasteiger partial charge < -0.3 is 0 Å². The van der Waals surface area contributed by atoms with E-state index in [2.05, 4.69) is 0 Å². The van der Waals surface area contributed by atoms with E-state index in [0.29, 0.717) is 0 Å².